The molecule has 8 heteroatoms. The number of anilines is 3. The van der Waals surface area contributed by atoms with E-state index in [9.17, 15) is 0 Å². The molecule has 0 amide bonds. The number of halogens is 1. The van der Waals surface area contributed by atoms with Gasteiger partial charge in [-0.1, -0.05) is 23.7 Å². The molecule has 0 radical (unpaired) electrons. The summed E-state index contributed by atoms with van der Waals surface area (Å²) < 4.78 is 10.5. The smallest absolute Gasteiger partial charge is 0.249 e. The number of aromatic nitrogens is 3. The molecule has 0 aliphatic rings. The van der Waals surface area contributed by atoms with Gasteiger partial charge in [0.15, 0.2) is 5.82 Å². The van der Waals surface area contributed by atoms with Crippen LogP contribution in [0, 0.1) is 0 Å². The van der Waals surface area contributed by atoms with E-state index < -0.39 is 0 Å². The van der Waals surface area contributed by atoms with Crippen LogP contribution in [0.3, 0.4) is 0 Å². The molecule has 2 aromatic carbocycles. The molecule has 26 heavy (non-hydrogen) atoms. The van der Waals surface area contributed by atoms with Gasteiger partial charge in [0.2, 0.25) is 5.95 Å². The maximum atomic E-state index is 6.04. The van der Waals surface area contributed by atoms with Crippen molar-refractivity contribution in [3.63, 3.8) is 0 Å². The SMILES string of the molecule is COc1ccc(CNc2cnnc(Nc3cc(Cl)ccc3OC)n2)cc1. The number of hydrogen-bond donors (Lipinski definition) is 2. The van der Waals surface area contributed by atoms with Crippen LogP contribution in [-0.2, 0) is 6.54 Å². The molecule has 3 aromatic rings. The van der Waals surface area contributed by atoms with E-state index in [2.05, 4.69) is 25.8 Å². The summed E-state index contributed by atoms with van der Waals surface area (Å²) >= 11 is 6.04. The Bertz CT molecular complexity index is 874. The molecule has 0 atom stereocenters. The highest BCUT2D eigenvalue weighted by molar-refractivity contribution is 6.31. The molecule has 0 saturated carbocycles. The van der Waals surface area contributed by atoms with Gasteiger partial charge in [-0.05, 0) is 35.9 Å². The standard InChI is InChI=1S/C18H18ClN5O2/c1-25-14-6-3-12(4-7-14)10-20-17-11-21-24-18(23-17)22-15-9-13(19)5-8-16(15)26-2/h3-9,11H,10H2,1-2H3,(H2,20,22,23,24). The zero-order valence-corrected chi connectivity index (χ0v) is 15.1. The lowest BCUT2D eigenvalue weighted by molar-refractivity contribution is 0.414. The summed E-state index contributed by atoms with van der Waals surface area (Å²) in [7, 11) is 3.23. The molecule has 0 saturated heterocycles. The molecule has 0 unspecified atom stereocenters. The van der Waals surface area contributed by atoms with E-state index in [1.807, 2.05) is 24.3 Å². The van der Waals surface area contributed by atoms with Crippen molar-refractivity contribution in [2.75, 3.05) is 24.9 Å². The monoisotopic (exact) mass is 371 g/mol. The van der Waals surface area contributed by atoms with Crippen molar-refractivity contribution in [1.29, 1.82) is 0 Å². The molecule has 3 rings (SSSR count). The highest BCUT2D eigenvalue weighted by atomic mass is 35.5. The summed E-state index contributed by atoms with van der Waals surface area (Å²) in [6.45, 7) is 0.600. The summed E-state index contributed by atoms with van der Waals surface area (Å²) in [5.41, 5.74) is 1.75. The minimum atomic E-state index is 0.338. The Balaban J connectivity index is 1.69. The molecule has 2 N–H and O–H groups in total. The zero-order chi connectivity index (χ0) is 18.4. The quantitative estimate of drug-likeness (QED) is 0.651. The summed E-state index contributed by atoms with van der Waals surface area (Å²) in [4.78, 5) is 4.40. The Hall–Kier alpha value is -3.06. The van der Waals surface area contributed by atoms with Crippen molar-refractivity contribution in [2.24, 2.45) is 0 Å². The third-order valence-electron chi connectivity index (χ3n) is 3.60. The summed E-state index contributed by atoms with van der Waals surface area (Å²) in [5.74, 6) is 2.39. The first kappa shape index (κ1) is 17.8. The lowest BCUT2D eigenvalue weighted by atomic mass is 10.2. The zero-order valence-electron chi connectivity index (χ0n) is 14.4. The Morgan fingerprint density at radius 2 is 1.85 bits per heavy atom. The molecular weight excluding hydrogens is 354 g/mol. The van der Waals surface area contributed by atoms with Crippen molar-refractivity contribution in [3.05, 3.63) is 59.2 Å². The fraction of sp³-hybridized carbons (Fsp3) is 0.167. The van der Waals surface area contributed by atoms with Gasteiger partial charge in [0, 0.05) is 11.6 Å². The predicted octanol–water partition coefficient (Wildman–Crippen LogP) is 3.90. The van der Waals surface area contributed by atoms with Crippen LogP contribution >= 0.6 is 11.6 Å². The van der Waals surface area contributed by atoms with Gasteiger partial charge in [-0.15, -0.1) is 5.10 Å². The summed E-state index contributed by atoms with van der Waals surface area (Å²) in [5, 5.41) is 14.8. The predicted molar refractivity (Wildman–Crippen MR) is 101 cm³/mol. The Kier molecular flexibility index (Phi) is 5.70. The average molecular weight is 372 g/mol. The van der Waals surface area contributed by atoms with E-state index in [0.29, 0.717) is 34.8 Å². The molecule has 0 fully saturated rings. The van der Waals surface area contributed by atoms with Gasteiger partial charge >= 0.3 is 0 Å². The second-order valence-corrected chi connectivity index (χ2v) is 5.77. The van der Waals surface area contributed by atoms with Gasteiger partial charge in [-0.3, -0.25) is 0 Å². The maximum Gasteiger partial charge on any atom is 0.249 e. The van der Waals surface area contributed by atoms with E-state index in [4.69, 9.17) is 21.1 Å². The second kappa shape index (κ2) is 8.35. The molecule has 1 heterocycles. The summed E-state index contributed by atoms with van der Waals surface area (Å²) in [6, 6.07) is 13.0. The van der Waals surface area contributed by atoms with Gasteiger partial charge < -0.3 is 20.1 Å². The van der Waals surface area contributed by atoms with E-state index in [1.165, 1.54) is 0 Å². The van der Waals surface area contributed by atoms with Crippen LogP contribution in [0.2, 0.25) is 5.02 Å². The third kappa shape index (κ3) is 4.52. The van der Waals surface area contributed by atoms with Gasteiger partial charge in [0.05, 0.1) is 26.1 Å². The number of ether oxygens (including phenoxy) is 2. The first-order valence-electron chi connectivity index (χ1n) is 7.85. The number of methoxy groups -OCH3 is 2. The number of hydrogen-bond acceptors (Lipinski definition) is 7. The van der Waals surface area contributed by atoms with Gasteiger partial charge in [0.25, 0.3) is 0 Å². The van der Waals surface area contributed by atoms with Crippen molar-refractivity contribution in [3.8, 4) is 11.5 Å². The Labute approximate surface area is 156 Å². The van der Waals surface area contributed by atoms with Crippen LogP contribution in [0.4, 0.5) is 17.5 Å². The highest BCUT2D eigenvalue weighted by Gasteiger charge is 2.07. The average Bonchev–Trinajstić information content (AvgIpc) is 2.67. The van der Waals surface area contributed by atoms with Gasteiger partial charge in [-0.25, -0.2) is 0 Å². The third-order valence-corrected chi connectivity index (χ3v) is 3.83. The molecule has 0 aliphatic heterocycles. The van der Waals surface area contributed by atoms with Gasteiger partial charge in [-0.2, -0.15) is 10.1 Å². The molecule has 134 valence electrons. The van der Waals surface area contributed by atoms with E-state index in [0.717, 1.165) is 11.3 Å². The minimum absolute atomic E-state index is 0.338. The number of nitrogens with one attached hydrogen (secondary N) is 2. The fourth-order valence-corrected chi connectivity index (χ4v) is 2.45. The van der Waals surface area contributed by atoms with Crippen molar-refractivity contribution < 1.29 is 9.47 Å². The van der Waals surface area contributed by atoms with Crippen LogP contribution in [0.1, 0.15) is 5.56 Å². The van der Waals surface area contributed by atoms with Crippen molar-refractivity contribution >= 4 is 29.1 Å². The molecule has 0 bridgehead atoms. The maximum absolute atomic E-state index is 6.04. The van der Waals surface area contributed by atoms with Crippen molar-refractivity contribution in [1.82, 2.24) is 15.2 Å². The van der Waals surface area contributed by atoms with E-state index >= 15 is 0 Å². The number of rotatable bonds is 7. The highest BCUT2D eigenvalue weighted by Crippen LogP contribution is 2.29. The summed E-state index contributed by atoms with van der Waals surface area (Å²) in [6.07, 6.45) is 1.56. The van der Waals surface area contributed by atoms with Crippen LogP contribution in [0.25, 0.3) is 0 Å². The fourth-order valence-electron chi connectivity index (χ4n) is 2.28. The number of nitrogens with zero attached hydrogens (tertiary/aromatic N) is 3. The molecular formula is C18H18ClN5O2. The lowest BCUT2D eigenvalue weighted by Crippen LogP contribution is -2.06. The molecule has 0 spiro atoms. The largest absolute Gasteiger partial charge is 0.497 e. The van der Waals surface area contributed by atoms with Crippen LogP contribution in [0.15, 0.2) is 48.7 Å². The number of benzene rings is 2. The molecule has 1 aromatic heterocycles. The lowest BCUT2D eigenvalue weighted by Gasteiger charge is -2.11. The normalized spacial score (nSPS) is 10.3. The van der Waals surface area contributed by atoms with Crippen LogP contribution in [-0.4, -0.2) is 29.4 Å². The Morgan fingerprint density at radius 1 is 1.04 bits per heavy atom. The van der Waals surface area contributed by atoms with Crippen LogP contribution in [0.5, 0.6) is 11.5 Å². The Morgan fingerprint density at radius 3 is 2.58 bits per heavy atom. The van der Waals surface area contributed by atoms with Crippen molar-refractivity contribution in [2.45, 2.75) is 6.54 Å². The van der Waals surface area contributed by atoms with E-state index in [-0.39, 0.29) is 0 Å². The topological polar surface area (TPSA) is 81.2 Å². The first-order chi connectivity index (χ1) is 12.7. The first-order valence-corrected chi connectivity index (χ1v) is 8.23. The molecule has 7 nitrogen and oxygen atoms in total. The van der Waals surface area contributed by atoms with E-state index in [1.54, 1.807) is 38.6 Å². The molecule has 0 aliphatic carbocycles. The second-order valence-electron chi connectivity index (χ2n) is 5.34. The van der Waals surface area contributed by atoms with Gasteiger partial charge in [0.1, 0.15) is 11.5 Å². The minimum Gasteiger partial charge on any atom is -0.497 e. The van der Waals surface area contributed by atoms with Crippen LogP contribution < -0.4 is 20.1 Å².